The van der Waals surface area contributed by atoms with Gasteiger partial charge in [-0.25, -0.2) is 0 Å². The summed E-state index contributed by atoms with van der Waals surface area (Å²) in [6.07, 6.45) is 0. The number of phenols is 2. The lowest BCUT2D eigenvalue weighted by Gasteiger charge is -2.15. The van der Waals surface area contributed by atoms with E-state index in [-0.39, 0.29) is 16.7 Å². The third kappa shape index (κ3) is 16.4. The van der Waals surface area contributed by atoms with E-state index in [0.717, 1.165) is 13.1 Å². The predicted octanol–water partition coefficient (Wildman–Crippen LogP) is 3.39. The lowest BCUT2D eigenvalue weighted by atomic mass is 10.2. The molecule has 6 N–H and O–H groups in total. The summed E-state index contributed by atoms with van der Waals surface area (Å²) in [7, 11) is 0. The Hall–Kier alpha value is -1.80. The molecule has 0 aliphatic rings. The highest BCUT2D eigenvalue weighted by Crippen LogP contribution is 2.26. The van der Waals surface area contributed by atoms with Gasteiger partial charge in [0.25, 0.3) is 10.3 Å². The number of nitrogens with zero attached hydrogens (tertiary/aromatic N) is 1. The third-order valence-electron chi connectivity index (χ3n) is 2.25. The number of hydrogen-bond donors (Lipinski definition) is 5. The first-order valence-corrected chi connectivity index (χ1v) is 7.92. The Bertz CT molecular complexity index is 429. The van der Waals surface area contributed by atoms with E-state index in [2.05, 4.69) is 30.2 Å². The minimum atomic E-state index is -0.500. The van der Waals surface area contributed by atoms with Crippen LogP contribution in [0.4, 0.5) is 0 Å². The van der Waals surface area contributed by atoms with Crippen LogP contribution < -0.4 is 5.73 Å². The molecule has 0 heterocycles. The van der Waals surface area contributed by atoms with Crippen LogP contribution in [0.3, 0.4) is 0 Å². The Balaban J connectivity index is -0.000000263. The molecule has 0 aromatic heterocycles. The topological polar surface area (TPSA) is 110 Å². The monoisotopic (exact) mass is 364 g/mol. The van der Waals surface area contributed by atoms with Gasteiger partial charge in [0.05, 0.1) is 0 Å². The number of thiocarbonyl (C=S) groups is 2. The quantitative estimate of drug-likeness (QED) is 0.401. The fraction of sp³-hybridized carbons (Fsp3) is 0.467. The molecule has 0 radical (unpaired) electrons. The first-order chi connectivity index (χ1) is 10.7. The van der Waals surface area contributed by atoms with Crippen molar-refractivity contribution in [2.75, 3.05) is 13.1 Å². The van der Waals surface area contributed by atoms with Gasteiger partial charge in [0.15, 0.2) is 11.5 Å². The first kappa shape index (κ1) is 26.1. The van der Waals surface area contributed by atoms with Crippen LogP contribution in [0.25, 0.3) is 0 Å². The van der Waals surface area contributed by atoms with Gasteiger partial charge in [-0.2, -0.15) is 0 Å². The van der Waals surface area contributed by atoms with E-state index in [1.54, 1.807) is 24.0 Å². The van der Waals surface area contributed by atoms with Crippen LogP contribution in [-0.2, 0) is 0 Å². The molecule has 23 heavy (non-hydrogen) atoms. The van der Waals surface area contributed by atoms with Crippen LogP contribution in [0, 0.1) is 6.92 Å². The number of benzene rings is 1. The molecule has 0 amide bonds. The Morgan fingerprint density at radius 2 is 1.48 bits per heavy atom. The Morgan fingerprint density at radius 1 is 1.09 bits per heavy atom. The summed E-state index contributed by atoms with van der Waals surface area (Å²) in [6.45, 7) is 11.2. The molecule has 134 valence electrons. The van der Waals surface area contributed by atoms with Gasteiger partial charge in [0.1, 0.15) is 0 Å². The zero-order valence-corrected chi connectivity index (χ0v) is 15.9. The summed E-state index contributed by atoms with van der Waals surface area (Å²) in [5, 5.41) is 33.5. The van der Waals surface area contributed by atoms with E-state index in [1.807, 2.05) is 27.7 Å². The average molecular weight is 365 g/mol. The van der Waals surface area contributed by atoms with Crippen LogP contribution >= 0.6 is 24.4 Å². The van der Waals surface area contributed by atoms with Gasteiger partial charge in [-0.3, -0.25) is 0 Å². The van der Waals surface area contributed by atoms with Gasteiger partial charge < -0.3 is 31.1 Å². The maximum absolute atomic E-state index is 8.96. The normalized spacial score (nSPS) is 8.04. The van der Waals surface area contributed by atoms with Gasteiger partial charge >= 0.3 is 0 Å². The number of aliphatic hydroxyl groups is 2. The van der Waals surface area contributed by atoms with Crippen molar-refractivity contribution < 1.29 is 20.4 Å². The molecule has 0 unspecified atom stereocenters. The molecule has 8 heteroatoms. The summed E-state index contributed by atoms with van der Waals surface area (Å²) >= 11 is 8.37. The molecule has 0 aliphatic heterocycles. The fourth-order valence-electron chi connectivity index (χ4n) is 1.14. The number of para-hydroxylation sites is 1. The molecular formula is C15H28N2O4S2. The lowest BCUT2D eigenvalue weighted by molar-refractivity contribution is 0.371. The highest BCUT2D eigenvalue weighted by atomic mass is 32.1. The van der Waals surface area contributed by atoms with Gasteiger partial charge in [0, 0.05) is 13.1 Å². The molecule has 1 aromatic rings. The number of aliphatic hydroxyl groups excluding tert-OH is 2. The van der Waals surface area contributed by atoms with Crippen LogP contribution in [0.1, 0.15) is 33.3 Å². The van der Waals surface area contributed by atoms with Crippen molar-refractivity contribution in [2.24, 2.45) is 5.73 Å². The van der Waals surface area contributed by atoms with Crippen molar-refractivity contribution >= 4 is 34.8 Å². The molecule has 0 aliphatic carbocycles. The summed E-state index contributed by atoms with van der Waals surface area (Å²) < 4.78 is 0. The smallest absolute Gasteiger partial charge is 0.256 e. The SMILES string of the molecule is CC.CCN(CC)C(O)=S.Cc1cccc(O)c1O.NC(O)=S. The maximum Gasteiger partial charge on any atom is 0.256 e. The summed E-state index contributed by atoms with van der Waals surface area (Å²) in [5.41, 5.74) is 5.09. The number of rotatable bonds is 2. The van der Waals surface area contributed by atoms with Gasteiger partial charge in [-0.1, -0.05) is 26.0 Å². The second-order valence-electron chi connectivity index (χ2n) is 3.74. The van der Waals surface area contributed by atoms with E-state index in [0.29, 0.717) is 5.56 Å². The molecule has 6 nitrogen and oxygen atoms in total. The predicted molar refractivity (Wildman–Crippen MR) is 103 cm³/mol. The first-order valence-electron chi connectivity index (χ1n) is 7.11. The second-order valence-corrected chi connectivity index (χ2v) is 4.52. The standard InChI is InChI=1S/C7H8O2.C5H11NOS.C2H6.CH3NOS/c1-5-3-2-4-6(8)7(5)9;1-3-6(4-2)5(7)8;1-2;2-1(3)4/h2-4,8-9H,1H3;3-4H2,1-2H3,(H,7,8);1-2H3;(H3,2,3,4). The van der Waals surface area contributed by atoms with Crippen molar-refractivity contribution in [3.8, 4) is 11.5 Å². The summed E-state index contributed by atoms with van der Waals surface area (Å²) in [5.74, 6) is -0.0903. The maximum atomic E-state index is 8.96. The zero-order valence-electron chi connectivity index (χ0n) is 14.3. The third-order valence-corrected chi connectivity index (χ3v) is 2.51. The average Bonchev–Trinajstić information content (AvgIpc) is 2.48. The van der Waals surface area contributed by atoms with Crippen LogP contribution in [-0.4, -0.2) is 48.8 Å². The molecule has 1 rings (SSSR count). The van der Waals surface area contributed by atoms with Crippen LogP contribution in [0.2, 0.25) is 0 Å². The van der Waals surface area contributed by atoms with Crippen LogP contribution in [0.5, 0.6) is 11.5 Å². The minimum Gasteiger partial charge on any atom is -0.504 e. The molecule has 1 aromatic carbocycles. The summed E-state index contributed by atoms with van der Waals surface area (Å²) in [6, 6.07) is 4.86. The van der Waals surface area contributed by atoms with Gasteiger partial charge in [0.2, 0.25) is 0 Å². The highest BCUT2D eigenvalue weighted by molar-refractivity contribution is 7.80. The van der Waals surface area contributed by atoms with Gasteiger partial charge in [-0.15, -0.1) is 0 Å². The minimum absolute atomic E-state index is 0.00463. The fourth-order valence-corrected chi connectivity index (χ4v) is 1.40. The Labute approximate surface area is 149 Å². The van der Waals surface area contributed by atoms with Crippen molar-refractivity contribution in [3.63, 3.8) is 0 Å². The van der Waals surface area contributed by atoms with E-state index >= 15 is 0 Å². The van der Waals surface area contributed by atoms with Crippen molar-refractivity contribution in [1.82, 2.24) is 4.90 Å². The van der Waals surface area contributed by atoms with Crippen molar-refractivity contribution in [1.29, 1.82) is 0 Å². The molecular weight excluding hydrogens is 336 g/mol. The number of phenolic OH excluding ortho intramolecular Hbond substituents is 2. The Kier molecular flexibility index (Phi) is 18.8. The van der Waals surface area contributed by atoms with Gasteiger partial charge in [-0.05, 0) is 56.8 Å². The van der Waals surface area contributed by atoms with Crippen molar-refractivity contribution in [3.05, 3.63) is 23.8 Å². The highest BCUT2D eigenvalue weighted by Gasteiger charge is 1.98. The number of nitrogens with two attached hydrogens (primary N) is 1. The summed E-state index contributed by atoms with van der Waals surface area (Å²) in [4.78, 5) is 1.70. The largest absolute Gasteiger partial charge is 0.504 e. The molecule has 0 fully saturated rings. The molecule has 0 saturated heterocycles. The molecule has 0 atom stereocenters. The zero-order chi connectivity index (χ0) is 19.0. The van der Waals surface area contributed by atoms with E-state index in [4.69, 9.17) is 20.4 Å². The molecule has 0 saturated carbocycles. The Morgan fingerprint density at radius 3 is 1.65 bits per heavy atom. The van der Waals surface area contributed by atoms with E-state index in [9.17, 15) is 0 Å². The number of aromatic hydroxyl groups is 2. The van der Waals surface area contributed by atoms with E-state index in [1.165, 1.54) is 6.07 Å². The second kappa shape index (κ2) is 16.6. The number of aryl methyl sites for hydroxylation is 1. The number of hydrogen-bond acceptors (Lipinski definition) is 4. The van der Waals surface area contributed by atoms with Crippen LogP contribution in [0.15, 0.2) is 18.2 Å². The molecule has 0 bridgehead atoms. The molecule has 0 spiro atoms. The van der Waals surface area contributed by atoms with E-state index < -0.39 is 5.17 Å². The van der Waals surface area contributed by atoms with Crippen molar-refractivity contribution in [2.45, 2.75) is 34.6 Å². The lowest BCUT2D eigenvalue weighted by Crippen LogP contribution is -2.28.